The van der Waals surface area contributed by atoms with Gasteiger partial charge in [0, 0.05) is 24.1 Å². The zero-order valence-corrected chi connectivity index (χ0v) is 27.6. The molecule has 0 bridgehead atoms. The van der Waals surface area contributed by atoms with Gasteiger partial charge in [0.05, 0.1) is 40.3 Å². The fraction of sp³-hybridized carbons (Fsp3) is 0.371. The first-order chi connectivity index (χ1) is 24.6. The lowest BCUT2D eigenvalue weighted by Gasteiger charge is -2.18. The van der Waals surface area contributed by atoms with Crippen molar-refractivity contribution in [2.75, 3.05) is 13.2 Å². The highest BCUT2D eigenvalue weighted by atomic mass is 19.4. The zero-order chi connectivity index (χ0) is 38.3. The van der Waals surface area contributed by atoms with Gasteiger partial charge in [-0.3, -0.25) is 20.2 Å². The van der Waals surface area contributed by atoms with Gasteiger partial charge in [0.1, 0.15) is 11.5 Å². The second-order valence-electron chi connectivity index (χ2n) is 11.5. The van der Waals surface area contributed by atoms with Crippen molar-refractivity contribution in [1.29, 1.82) is 0 Å². The minimum Gasteiger partial charge on any atom is -0.494 e. The molecular weight excluding hydrogens is 703 g/mol. The molecule has 0 saturated carbocycles. The van der Waals surface area contributed by atoms with Gasteiger partial charge in [-0.25, -0.2) is 9.59 Å². The molecule has 0 saturated heterocycles. The molecule has 0 aromatic heterocycles. The zero-order valence-electron chi connectivity index (χ0n) is 27.6. The summed E-state index contributed by atoms with van der Waals surface area (Å²) in [6, 6.07) is 11.9. The third-order valence-electron chi connectivity index (χ3n) is 7.52. The first-order valence-corrected chi connectivity index (χ1v) is 16.1. The number of ether oxygens (including phenoxy) is 3. The predicted octanol–water partition coefficient (Wildman–Crippen LogP) is 9.19. The number of benzene rings is 3. The fourth-order valence-electron chi connectivity index (χ4n) is 4.90. The molecule has 0 amide bonds. The van der Waals surface area contributed by atoms with Crippen LogP contribution in [0.25, 0.3) is 6.08 Å². The van der Waals surface area contributed by atoms with E-state index in [1.165, 1.54) is 42.5 Å². The lowest BCUT2D eigenvalue weighted by atomic mass is 9.98. The Morgan fingerprint density at radius 2 is 1.38 bits per heavy atom. The van der Waals surface area contributed by atoms with E-state index in [4.69, 9.17) is 14.2 Å². The highest BCUT2D eigenvalue weighted by molar-refractivity contribution is 5.92. The Kier molecular flexibility index (Phi) is 15.0. The summed E-state index contributed by atoms with van der Waals surface area (Å²) in [4.78, 5) is 44.4. The van der Waals surface area contributed by atoms with Crippen molar-refractivity contribution in [3.05, 3.63) is 109 Å². The second-order valence-corrected chi connectivity index (χ2v) is 11.5. The number of carboxylic acids is 1. The first kappa shape index (κ1) is 40.8. The van der Waals surface area contributed by atoms with Gasteiger partial charge in [-0.15, -0.1) is 0 Å². The van der Waals surface area contributed by atoms with Crippen LogP contribution >= 0.6 is 0 Å². The number of hydrogen-bond acceptors (Lipinski definition) is 9. The lowest BCUT2D eigenvalue weighted by Crippen LogP contribution is -2.21. The highest BCUT2D eigenvalue weighted by Gasteiger charge is 2.34. The van der Waals surface area contributed by atoms with Crippen LogP contribution in [0.5, 0.6) is 11.5 Å². The molecule has 52 heavy (non-hydrogen) atoms. The van der Waals surface area contributed by atoms with E-state index in [1.54, 1.807) is 0 Å². The molecule has 0 aliphatic heterocycles. The van der Waals surface area contributed by atoms with E-state index in [1.807, 2.05) is 0 Å². The van der Waals surface area contributed by atoms with Crippen LogP contribution in [0, 0.1) is 20.2 Å². The summed E-state index contributed by atoms with van der Waals surface area (Å²) in [5.74, 6) is -1.99. The molecule has 0 aliphatic carbocycles. The normalized spacial score (nSPS) is 11.7. The number of halogens is 5. The van der Waals surface area contributed by atoms with Crippen LogP contribution in [-0.4, -0.2) is 46.3 Å². The average Bonchev–Trinajstić information content (AvgIpc) is 3.08. The van der Waals surface area contributed by atoms with Gasteiger partial charge in [0.15, 0.2) is 0 Å². The standard InChI is InChI=1S/C35H35F5N2O10/c36-34(37,38)19-5-3-7-20-50-27-14-16-28(17-15-27)52-35(39,40)25-12-9-24(10-13-25)11-18-32(43)51-21-6-2-1-4-8-29-30(33(44)45)22-26(41(46)47)23-31(29)42(48)49/h9-18,22-23H,1-8,19-21H2,(H,44,45). The van der Waals surface area contributed by atoms with Crippen molar-refractivity contribution in [1.82, 2.24) is 0 Å². The van der Waals surface area contributed by atoms with E-state index in [0.29, 0.717) is 49.8 Å². The Morgan fingerprint density at radius 3 is 2.00 bits per heavy atom. The molecular formula is C35H35F5N2O10. The molecule has 0 unspecified atom stereocenters. The molecule has 12 nitrogen and oxygen atoms in total. The van der Waals surface area contributed by atoms with Crippen LogP contribution < -0.4 is 9.47 Å². The number of carboxylic acid groups (broad SMARTS) is 1. The molecule has 3 aromatic rings. The third-order valence-corrected chi connectivity index (χ3v) is 7.52. The number of nitro benzene ring substituents is 2. The number of carbonyl (C=O) groups is 2. The van der Waals surface area contributed by atoms with Gasteiger partial charge < -0.3 is 19.3 Å². The summed E-state index contributed by atoms with van der Waals surface area (Å²) < 4.78 is 81.5. The number of aromatic carboxylic acids is 1. The number of rotatable bonds is 21. The Bertz CT molecular complexity index is 1680. The van der Waals surface area contributed by atoms with Crippen LogP contribution in [0.3, 0.4) is 0 Å². The molecule has 17 heteroatoms. The predicted molar refractivity (Wildman–Crippen MR) is 176 cm³/mol. The fourth-order valence-corrected chi connectivity index (χ4v) is 4.90. The Morgan fingerprint density at radius 1 is 0.769 bits per heavy atom. The maximum absolute atomic E-state index is 14.8. The van der Waals surface area contributed by atoms with E-state index in [2.05, 4.69) is 0 Å². The minimum absolute atomic E-state index is 0.000205. The smallest absolute Gasteiger partial charge is 0.426 e. The van der Waals surface area contributed by atoms with E-state index < -0.39 is 63.0 Å². The molecule has 0 spiro atoms. The van der Waals surface area contributed by atoms with Gasteiger partial charge in [-0.1, -0.05) is 25.0 Å². The summed E-state index contributed by atoms with van der Waals surface area (Å²) in [6.07, 6.45) is -3.69. The maximum atomic E-state index is 14.8. The quantitative estimate of drug-likeness (QED) is 0.0278. The van der Waals surface area contributed by atoms with E-state index in [9.17, 15) is 56.9 Å². The van der Waals surface area contributed by atoms with Crippen LogP contribution in [0.1, 0.15) is 78.4 Å². The van der Waals surface area contributed by atoms with Crippen molar-refractivity contribution >= 4 is 29.4 Å². The van der Waals surface area contributed by atoms with Gasteiger partial charge in [-0.2, -0.15) is 22.0 Å². The summed E-state index contributed by atoms with van der Waals surface area (Å²) in [5.41, 5.74) is -1.98. The van der Waals surface area contributed by atoms with Crippen molar-refractivity contribution in [3.63, 3.8) is 0 Å². The van der Waals surface area contributed by atoms with Crippen molar-refractivity contribution in [2.24, 2.45) is 0 Å². The van der Waals surface area contributed by atoms with Gasteiger partial charge in [-0.05, 0) is 86.6 Å². The van der Waals surface area contributed by atoms with Crippen molar-refractivity contribution in [3.8, 4) is 11.5 Å². The number of carbonyl (C=O) groups excluding carboxylic acids is 1. The van der Waals surface area contributed by atoms with Gasteiger partial charge in [0.2, 0.25) is 0 Å². The maximum Gasteiger partial charge on any atom is 0.426 e. The molecule has 3 aromatic carbocycles. The summed E-state index contributed by atoms with van der Waals surface area (Å²) in [7, 11) is 0. The number of non-ortho nitro benzene ring substituents is 1. The van der Waals surface area contributed by atoms with E-state index in [-0.39, 0.29) is 37.4 Å². The molecule has 280 valence electrons. The van der Waals surface area contributed by atoms with E-state index >= 15 is 0 Å². The van der Waals surface area contributed by atoms with Crippen LogP contribution in [0.15, 0.2) is 66.7 Å². The number of hydrogen-bond donors (Lipinski definition) is 1. The number of nitrogens with zero attached hydrogens (tertiary/aromatic N) is 2. The molecule has 0 aliphatic rings. The molecule has 3 rings (SSSR count). The highest BCUT2D eigenvalue weighted by Crippen LogP contribution is 2.33. The number of esters is 1. The monoisotopic (exact) mass is 738 g/mol. The lowest BCUT2D eigenvalue weighted by molar-refractivity contribution is -0.394. The minimum atomic E-state index is -4.19. The first-order valence-electron chi connectivity index (χ1n) is 16.1. The molecule has 0 fully saturated rings. The Balaban J connectivity index is 1.38. The van der Waals surface area contributed by atoms with Gasteiger partial charge in [0.25, 0.3) is 11.4 Å². The van der Waals surface area contributed by atoms with E-state index in [0.717, 1.165) is 30.3 Å². The van der Waals surface area contributed by atoms with Gasteiger partial charge >= 0.3 is 24.2 Å². The Hall–Kier alpha value is -5.61. The van der Waals surface area contributed by atoms with Crippen molar-refractivity contribution in [2.45, 2.75) is 70.1 Å². The molecule has 0 heterocycles. The number of nitro groups is 2. The largest absolute Gasteiger partial charge is 0.494 e. The topological polar surface area (TPSA) is 168 Å². The van der Waals surface area contributed by atoms with Crippen molar-refractivity contribution < 1.29 is 60.7 Å². The molecule has 0 atom stereocenters. The van der Waals surface area contributed by atoms with Crippen LogP contribution in [-0.2, 0) is 22.1 Å². The summed E-state index contributed by atoms with van der Waals surface area (Å²) in [5, 5.41) is 31.9. The third kappa shape index (κ3) is 13.6. The summed E-state index contributed by atoms with van der Waals surface area (Å²) >= 11 is 0. The Labute approximate surface area is 294 Å². The molecule has 1 N–H and O–H groups in total. The number of unbranched alkanes of at least 4 members (excludes halogenated alkanes) is 5. The van der Waals surface area contributed by atoms with Crippen LogP contribution in [0.2, 0.25) is 0 Å². The van der Waals surface area contributed by atoms with Crippen LogP contribution in [0.4, 0.5) is 33.3 Å². The SMILES string of the molecule is O=C(C=Cc1ccc(C(F)(F)Oc2ccc(OCCCCCC(F)(F)F)cc2)cc1)OCCCCCCc1c(C(=O)O)cc([N+](=O)[O-])cc1[N+](=O)[O-]. The molecule has 0 radical (unpaired) electrons. The average molecular weight is 739 g/mol. The number of alkyl halides is 5. The summed E-state index contributed by atoms with van der Waals surface area (Å²) in [6.45, 7) is 0.223. The second kappa shape index (κ2) is 19.1.